The van der Waals surface area contributed by atoms with E-state index in [2.05, 4.69) is 41.6 Å². The quantitative estimate of drug-likeness (QED) is 0.650. The predicted octanol–water partition coefficient (Wildman–Crippen LogP) is 3.74. The van der Waals surface area contributed by atoms with Crippen LogP contribution in [0.4, 0.5) is 0 Å². The summed E-state index contributed by atoms with van der Waals surface area (Å²) in [5.41, 5.74) is 0. The molecule has 3 heteroatoms. The van der Waals surface area contributed by atoms with Gasteiger partial charge in [-0.3, -0.25) is 4.90 Å². The molecule has 1 aromatic heterocycles. The summed E-state index contributed by atoms with van der Waals surface area (Å²) in [5.74, 6) is 0. The molecule has 0 saturated carbocycles. The SMILES string of the molecule is CNCCCCCCN(Cc1cccs1)C(C)C. The fourth-order valence-corrected chi connectivity index (χ4v) is 2.82. The molecule has 1 N–H and O–H groups in total. The maximum atomic E-state index is 3.21. The molecule has 0 unspecified atom stereocenters. The Labute approximate surface area is 116 Å². The Bertz CT molecular complexity index is 283. The van der Waals surface area contributed by atoms with E-state index in [1.54, 1.807) is 0 Å². The van der Waals surface area contributed by atoms with Crippen LogP contribution in [0.1, 0.15) is 44.4 Å². The Morgan fingerprint density at radius 1 is 1.22 bits per heavy atom. The molecule has 0 bridgehead atoms. The number of hydrogen-bond donors (Lipinski definition) is 1. The minimum absolute atomic E-state index is 0.643. The number of unbranched alkanes of at least 4 members (excludes halogenated alkanes) is 3. The minimum Gasteiger partial charge on any atom is -0.320 e. The maximum absolute atomic E-state index is 3.21. The zero-order chi connectivity index (χ0) is 13.2. The number of rotatable bonds is 10. The predicted molar refractivity (Wildman–Crippen MR) is 82.3 cm³/mol. The van der Waals surface area contributed by atoms with Crippen molar-refractivity contribution >= 4 is 11.3 Å². The van der Waals surface area contributed by atoms with Crippen LogP contribution in [0.15, 0.2) is 17.5 Å². The lowest BCUT2D eigenvalue weighted by atomic mass is 10.1. The highest BCUT2D eigenvalue weighted by atomic mass is 32.1. The number of hydrogen-bond acceptors (Lipinski definition) is 3. The van der Waals surface area contributed by atoms with E-state index in [1.807, 2.05) is 18.4 Å². The van der Waals surface area contributed by atoms with Crippen LogP contribution in [0.2, 0.25) is 0 Å². The van der Waals surface area contributed by atoms with Gasteiger partial charge in [-0.2, -0.15) is 0 Å². The molecular weight excluding hydrogens is 240 g/mol. The summed E-state index contributed by atoms with van der Waals surface area (Å²) in [5, 5.41) is 5.38. The molecule has 1 rings (SSSR count). The first-order valence-corrected chi connectivity index (χ1v) is 8.03. The standard InChI is InChI=1S/C15H28N2S/c1-14(2)17(13-15-9-8-12-18-15)11-7-5-4-6-10-16-3/h8-9,12,14,16H,4-7,10-11,13H2,1-3H3. The van der Waals surface area contributed by atoms with Crippen LogP contribution >= 0.6 is 11.3 Å². The highest BCUT2D eigenvalue weighted by Gasteiger charge is 2.09. The van der Waals surface area contributed by atoms with Crippen LogP contribution in [-0.4, -0.2) is 31.1 Å². The monoisotopic (exact) mass is 268 g/mol. The summed E-state index contributed by atoms with van der Waals surface area (Å²) in [4.78, 5) is 4.07. The normalized spacial score (nSPS) is 11.6. The van der Waals surface area contributed by atoms with E-state index in [4.69, 9.17) is 0 Å². The molecule has 1 heterocycles. The van der Waals surface area contributed by atoms with Gasteiger partial charge in [-0.15, -0.1) is 11.3 Å². The third-order valence-electron chi connectivity index (χ3n) is 3.29. The van der Waals surface area contributed by atoms with Gasteiger partial charge in [0.05, 0.1) is 0 Å². The first-order valence-electron chi connectivity index (χ1n) is 7.15. The zero-order valence-corrected chi connectivity index (χ0v) is 12.9. The molecule has 104 valence electrons. The Kier molecular flexibility index (Phi) is 8.31. The Morgan fingerprint density at radius 2 is 2.00 bits per heavy atom. The molecule has 18 heavy (non-hydrogen) atoms. The van der Waals surface area contributed by atoms with Gasteiger partial charge >= 0.3 is 0 Å². The van der Waals surface area contributed by atoms with Crippen LogP contribution in [0, 0.1) is 0 Å². The second-order valence-corrected chi connectivity index (χ2v) is 6.19. The molecular formula is C15H28N2S. The summed E-state index contributed by atoms with van der Waals surface area (Å²) in [6.45, 7) is 8.10. The second kappa shape index (κ2) is 9.54. The van der Waals surface area contributed by atoms with E-state index in [0.717, 1.165) is 13.1 Å². The fraction of sp³-hybridized carbons (Fsp3) is 0.733. The van der Waals surface area contributed by atoms with Crippen molar-refractivity contribution in [1.82, 2.24) is 10.2 Å². The molecule has 0 saturated heterocycles. The van der Waals surface area contributed by atoms with Gasteiger partial charge < -0.3 is 5.32 Å². The molecule has 0 radical (unpaired) electrons. The molecule has 0 aromatic carbocycles. The summed E-state index contributed by atoms with van der Waals surface area (Å²) in [6, 6.07) is 5.04. The van der Waals surface area contributed by atoms with E-state index < -0.39 is 0 Å². The Balaban J connectivity index is 2.18. The van der Waals surface area contributed by atoms with E-state index in [1.165, 1.54) is 37.1 Å². The van der Waals surface area contributed by atoms with Crippen molar-refractivity contribution in [1.29, 1.82) is 0 Å². The fourth-order valence-electron chi connectivity index (χ4n) is 2.09. The first-order chi connectivity index (χ1) is 8.74. The highest BCUT2D eigenvalue weighted by Crippen LogP contribution is 2.14. The van der Waals surface area contributed by atoms with Crippen molar-refractivity contribution in [2.75, 3.05) is 20.1 Å². The van der Waals surface area contributed by atoms with E-state index in [9.17, 15) is 0 Å². The van der Waals surface area contributed by atoms with Gasteiger partial charge in [0, 0.05) is 17.5 Å². The molecule has 0 atom stereocenters. The summed E-state index contributed by atoms with van der Waals surface area (Å²) < 4.78 is 0. The van der Waals surface area contributed by atoms with Gasteiger partial charge in [-0.05, 0) is 58.3 Å². The minimum atomic E-state index is 0.643. The number of nitrogens with zero attached hydrogens (tertiary/aromatic N) is 1. The maximum Gasteiger partial charge on any atom is 0.0330 e. The van der Waals surface area contributed by atoms with Crippen LogP contribution in [0.3, 0.4) is 0 Å². The molecule has 0 aliphatic rings. The zero-order valence-electron chi connectivity index (χ0n) is 12.1. The third kappa shape index (κ3) is 6.53. The third-order valence-corrected chi connectivity index (χ3v) is 4.15. The van der Waals surface area contributed by atoms with Crippen LogP contribution in [0.25, 0.3) is 0 Å². The molecule has 0 amide bonds. The van der Waals surface area contributed by atoms with Gasteiger partial charge in [0.15, 0.2) is 0 Å². The van der Waals surface area contributed by atoms with Crippen LogP contribution < -0.4 is 5.32 Å². The number of nitrogens with one attached hydrogen (secondary N) is 1. The summed E-state index contributed by atoms with van der Waals surface area (Å²) >= 11 is 1.87. The highest BCUT2D eigenvalue weighted by molar-refractivity contribution is 7.09. The molecule has 0 aliphatic carbocycles. The number of thiophene rings is 1. The average Bonchev–Trinajstić information content (AvgIpc) is 2.84. The van der Waals surface area contributed by atoms with Crippen molar-refractivity contribution in [3.63, 3.8) is 0 Å². The smallest absolute Gasteiger partial charge is 0.0330 e. The molecule has 0 fully saturated rings. The van der Waals surface area contributed by atoms with Crippen LogP contribution in [0.5, 0.6) is 0 Å². The van der Waals surface area contributed by atoms with Gasteiger partial charge in [0.1, 0.15) is 0 Å². The lowest BCUT2D eigenvalue weighted by molar-refractivity contribution is 0.210. The van der Waals surface area contributed by atoms with Gasteiger partial charge in [-0.1, -0.05) is 18.9 Å². The van der Waals surface area contributed by atoms with Gasteiger partial charge in [-0.25, -0.2) is 0 Å². The average molecular weight is 268 g/mol. The molecule has 2 nitrogen and oxygen atoms in total. The largest absolute Gasteiger partial charge is 0.320 e. The van der Waals surface area contributed by atoms with E-state index >= 15 is 0 Å². The van der Waals surface area contributed by atoms with E-state index in [-0.39, 0.29) is 0 Å². The summed E-state index contributed by atoms with van der Waals surface area (Å²) in [6.07, 6.45) is 5.34. The summed E-state index contributed by atoms with van der Waals surface area (Å²) in [7, 11) is 2.03. The lowest BCUT2D eigenvalue weighted by Crippen LogP contribution is -2.31. The Hall–Kier alpha value is -0.380. The second-order valence-electron chi connectivity index (χ2n) is 5.16. The molecule has 0 spiro atoms. The topological polar surface area (TPSA) is 15.3 Å². The van der Waals surface area contributed by atoms with Crippen molar-refractivity contribution in [3.05, 3.63) is 22.4 Å². The van der Waals surface area contributed by atoms with E-state index in [0.29, 0.717) is 6.04 Å². The molecule has 0 aliphatic heterocycles. The van der Waals surface area contributed by atoms with Crippen molar-refractivity contribution in [3.8, 4) is 0 Å². The van der Waals surface area contributed by atoms with Crippen LogP contribution in [-0.2, 0) is 6.54 Å². The lowest BCUT2D eigenvalue weighted by Gasteiger charge is -2.25. The Morgan fingerprint density at radius 3 is 2.61 bits per heavy atom. The van der Waals surface area contributed by atoms with Gasteiger partial charge in [0.2, 0.25) is 0 Å². The first kappa shape index (κ1) is 15.7. The van der Waals surface area contributed by atoms with Gasteiger partial charge in [0.25, 0.3) is 0 Å². The van der Waals surface area contributed by atoms with Crippen molar-refractivity contribution in [2.45, 2.75) is 52.1 Å². The van der Waals surface area contributed by atoms with Crippen molar-refractivity contribution in [2.24, 2.45) is 0 Å². The molecule has 1 aromatic rings. The van der Waals surface area contributed by atoms with Crippen molar-refractivity contribution < 1.29 is 0 Å².